The maximum Gasteiger partial charge on any atom is 0.352 e. The van der Waals surface area contributed by atoms with E-state index in [2.05, 4.69) is 15.0 Å². The number of rotatable bonds is 1. The van der Waals surface area contributed by atoms with Crippen LogP contribution in [0.2, 0.25) is 0 Å². The van der Waals surface area contributed by atoms with Gasteiger partial charge in [0.05, 0.1) is 5.56 Å². The number of aromatic nitrogens is 3. The predicted octanol–water partition coefficient (Wildman–Crippen LogP) is 1.68. The summed E-state index contributed by atoms with van der Waals surface area (Å²) in [4.78, 5) is 30.5. The summed E-state index contributed by atoms with van der Waals surface area (Å²) in [7, 11) is 3.10. The highest BCUT2D eigenvalue weighted by Gasteiger charge is 2.16. The summed E-state index contributed by atoms with van der Waals surface area (Å²) in [6.07, 6.45) is 0. The van der Waals surface area contributed by atoms with E-state index in [1.807, 2.05) is 0 Å². The topological polar surface area (TPSA) is 106 Å². The number of hydrogen-bond acceptors (Lipinski definition) is 4. The fourth-order valence-electron chi connectivity index (χ4n) is 2.30. The maximum atomic E-state index is 12.2. The Labute approximate surface area is 117 Å². The van der Waals surface area contributed by atoms with Gasteiger partial charge in [0.25, 0.3) is 5.56 Å². The largest absolute Gasteiger partial charge is 0.352 e. The molecule has 0 atom stereocenters. The van der Waals surface area contributed by atoms with Crippen molar-refractivity contribution >= 4 is 16.6 Å². The van der Waals surface area contributed by atoms with Gasteiger partial charge >= 0.3 is 5.69 Å². The highest BCUT2D eigenvalue weighted by atomic mass is 16.2. The van der Waals surface area contributed by atoms with Crippen LogP contribution in [0.4, 0.5) is 5.69 Å². The Morgan fingerprint density at radius 1 is 1.19 bits per heavy atom. The minimum atomic E-state index is -0.603. The van der Waals surface area contributed by atoms with Crippen molar-refractivity contribution in [3.05, 3.63) is 55.5 Å². The molecule has 0 bridgehead atoms. The number of hydrogen-bond donors (Lipinski definition) is 0. The summed E-state index contributed by atoms with van der Waals surface area (Å²) in [5.74, 6) is 0.300. The number of nitrogens with zero attached hydrogens (tertiary/aromatic N) is 6. The molecule has 0 amide bonds. The summed E-state index contributed by atoms with van der Waals surface area (Å²) in [6.45, 7) is 0. The van der Waals surface area contributed by atoms with E-state index < -0.39 is 5.69 Å². The van der Waals surface area contributed by atoms with Crippen molar-refractivity contribution in [3.63, 3.8) is 0 Å². The Balaban J connectivity index is 2.53. The summed E-state index contributed by atoms with van der Waals surface area (Å²) in [6, 6.07) is 6.77. The number of fused-ring (bicyclic) bond motifs is 2. The van der Waals surface area contributed by atoms with E-state index in [1.54, 1.807) is 35.9 Å². The van der Waals surface area contributed by atoms with Crippen molar-refractivity contribution in [1.29, 1.82) is 0 Å². The van der Waals surface area contributed by atoms with Gasteiger partial charge in [-0.2, -0.15) is 4.98 Å². The van der Waals surface area contributed by atoms with Gasteiger partial charge in [0.2, 0.25) is 0 Å². The van der Waals surface area contributed by atoms with Crippen molar-refractivity contribution < 1.29 is 0 Å². The first-order chi connectivity index (χ1) is 10.0. The average Bonchev–Trinajstić information content (AvgIpc) is 2.47. The lowest BCUT2D eigenvalue weighted by molar-refractivity contribution is 0.757. The molecule has 0 radical (unpaired) electrons. The molecule has 1 aromatic carbocycles. The van der Waals surface area contributed by atoms with Crippen molar-refractivity contribution in [2.45, 2.75) is 0 Å². The highest BCUT2D eigenvalue weighted by molar-refractivity contribution is 5.87. The van der Waals surface area contributed by atoms with E-state index in [1.165, 1.54) is 7.05 Å². The van der Waals surface area contributed by atoms with Gasteiger partial charge in [0.15, 0.2) is 5.82 Å². The number of benzene rings is 1. The van der Waals surface area contributed by atoms with Crippen LogP contribution in [0.3, 0.4) is 0 Å². The lowest BCUT2D eigenvalue weighted by atomic mass is 10.1. The number of pyridine rings is 1. The molecule has 0 aliphatic carbocycles. The van der Waals surface area contributed by atoms with Crippen LogP contribution in [0.5, 0.6) is 0 Å². The van der Waals surface area contributed by atoms with Crippen molar-refractivity contribution in [2.24, 2.45) is 19.2 Å². The van der Waals surface area contributed by atoms with E-state index in [-0.39, 0.29) is 5.56 Å². The smallest absolute Gasteiger partial charge is 0.328 e. The fourth-order valence-corrected chi connectivity index (χ4v) is 2.30. The molecular formula is C13H10N6O2. The van der Waals surface area contributed by atoms with E-state index in [0.717, 1.165) is 9.95 Å². The maximum absolute atomic E-state index is 12.2. The zero-order chi connectivity index (χ0) is 15.1. The molecule has 2 aliphatic heterocycles. The zero-order valence-electron chi connectivity index (χ0n) is 11.3. The lowest BCUT2D eigenvalue weighted by Crippen LogP contribution is -2.35. The number of aryl methyl sites for hydroxylation is 1. The molecule has 0 saturated heterocycles. The molecule has 0 spiro atoms. The second-order valence-electron chi connectivity index (χ2n) is 4.63. The van der Waals surface area contributed by atoms with Gasteiger partial charge in [-0.3, -0.25) is 9.36 Å². The number of azide groups is 1. The molecule has 2 aliphatic rings. The SMILES string of the molecule is Cn1c(=O)nc2n(C)c3cc(N=[N+]=[N-])ccc3cc-2c1=O. The Kier molecular flexibility index (Phi) is 2.74. The molecule has 0 N–H and O–H groups in total. The lowest BCUT2D eigenvalue weighted by Gasteiger charge is -2.14. The molecule has 0 fully saturated rings. The first kappa shape index (κ1) is 12.9. The van der Waals surface area contributed by atoms with Gasteiger partial charge in [0, 0.05) is 30.2 Å². The van der Waals surface area contributed by atoms with E-state index in [0.29, 0.717) is 22.6 Å². The van der Waals surface area contributed by atoms with Crippen LogP contribution in [-0.4, -0.2) is 14.1 Å². The summed E-state index contributed by atoms with van der Waals surface area (Å²) >= 11 is 0. The molecule has 8 nitrogen and oxygen atoms in total. The fraction of sp³-hybridized carbons (Fsp3) is 0.154. The monoisotopic (exact) mass is 282 g/mol. The third kappa shape index (κ3) is 1.86. The predicted molar refractivity (Wildman–Crippen MR) is 77.7 cm³/mol. The molecule has 0 unspecified atom stereocenters. The van der Waals surface area contributed by atoms with E-state index in [4.69, 9.17) is 5.53 Å². The van der Waals surface area contributed by atoms with Crippen LogP contribution >= 0.6 is 0 Å². The second-order valence-corrected chi connectivity index (χ2v) is 4.63. The molecule has 2 heterocycles. The van der Waals surface area contributed by atoms with Crippen molar-refractivity contribution in [1.82, 2.24) is 14.1 Å². The van der Waals surface area contributed by atoms with Crippen LogP contribution in [0.15, 0.2) is 39.0 Å². The molecule has 3 rings (SSSR count). The van der Waals surface area contributed by atoms with E-state index in [9.17, 15) is 9.59 Å². The normalized spacial score (nSPS) is 10.8. The van der Waals surface area contributed by atoms with Crippen LogP contribution in [0.25, 0.3) is 32.7 Å². The van der Waals surface area contributed by atoms with Gasteiger partial charge in [-0.1, -0.05) is 17.2 Å². The molecule has 1 aromatic rings. The Morgan fingerprint density at radius 3 is 2.67 bits per heavy atom. The van der Waals surface area contributed by atoms with Gasteiger partial charge < -0.3 is 4.57 Å². The molecule has 8 heteroatoms. The van der Waals surface area contributed by atoms with Gasteiger partial charge in [-0.05, 0) is 23.1 Å². The summed E-state index contributed by atoms with van der Waals surface area (Å²) < 4.78 is 2.62. The third-order valence-corrected chi connectivity index (χ3v) is 3.42. The molecule has 104 valence electrons. The van der Waals surface area contributed by atoms with Gasteiger partial charge in [-0.25, -0.2) is 4.79 Å². The van der Waals surface area contributed by atoms with Gasteiger partial charge in [-0.15, -0.1) is 0 Å². The molecule has 0 saturated carbocycles. The third-order valence-electron chi connectivity index (χ3n) is 3.42. The minimum absolute atomic E-state index is 0.300. The first-order valence-corrected chi connectivity index (χ1v) is 6.08. The van der Waals surface area contributed by atoms with Crippen LogP contribution in [-0.2, 0) is 14.1 Å². The van der Waals surface area contributed by atoms with Gasteiger partial charge in [0.1, 0.15) is 0 Å². The first-order valence-electron chi connectivity index (χ1n) is 6.08. The van der Waals surface area contributed by atoms with Crippen LogP contribution in [0.1, 0.15) is 0 Å². The molecule has 21 heavy (non-hydrogen) atoms. The Morgan fingerprint density at radius 2 is 1.95 bits per heavy atom. The average molecular weight is 282 g/mol. The molecular weight excluding hydrogens is 272 g/mol. The summed E-state index contributed by atoms with van der Waals surface area (Å²) in [5, 5.41) is 4.34. The van der Waals surface area contributed by atoms with Crippen LogP contribution < -0.4 is 11.2 Å². The Bertz CT molecular complexity index is 1010. The summed E-state index contributed by atoms with van der Waals surface area (Å²) in [5.41, 5.74) is 9.03. The molecule has 0 aromatic heterocycles. The van der Waals surface area contributed by atoms with Crippen molar-refractivity contribution in [2.75, 3.05) is 0 Å². The second kappa shape index (κ2) is 4.46. The van der Waals surface area contributed by atoms with E-state index >= 15 is 0 Å². The minimum Gasteiger partial charge on any atom is -0.328 e. The highest BCUT2D eigenvalue weighted by Crippen LogP contribution is 2.26. The zero-order valence-corrected chi connectivity index (χ0v) is 11.3. The van der Waals surface area contributed by atoms with Crippen molar-refractivity contribution in [3.8, 4) is 11.4 Å². The van der Waals surface area contributed by atoms with Crippen LogP contribution in [0, 0.1) is 0 Å². The quantitative estimate of drug-likeness (QED) is 0.293. The Hall–Kier alpha value is -3.12. The standard InChI is InChI=1S/C13H10N6O2/c1-18-10-6-8(16-17-14)4-3-7(10)5-9-11(18)15-13(21)19(2)12(9)20/h3-6H,1-2H3.